The number of hydrogen-bond acceptors (Lipinski definition) is 3. The lowest BCUT2D eigenvalue weighted by atomic mass is 10.0. The Labute approximate surface area is 156 Å². The largest absolute Gasteiger partial charge is 0.380 e. The highest BCUT2D eigenvalue weighted by molar-refractivity contribution is 5.66. The van der Waals surface area contributed by atoms with E-state index in [0.717, 1.165) is 41.5 Å². The summed E-state index contributed by atoms with van der Waals surface area (Å²) < 4.78 is 34.4. The first-order chi connectivity index (χ1) is 13.1. The van der Waals surface area contributed by atoms with Gasteiger partial charge in [-0.15, -0.1) is 0 Å². The van der Waals surface area contributed by atoms with Gasteiger partial charge in [0, 0.05) is 42.6 Å². The quantitative estimate of drug-likeness (QED) is 0.739. The Bertz CT molecular complexity index is 948. The van der Waals surface area contributed by atoms with E-state index in [4.69, 9.17) is 4.74 Å². The number of aromatic nitrogens is 2. The predicted molar refractivity (Wildman–Crippen MR) is 99.7 cm³/mol. The highest BCUT2D eigenvalue weighted by atomic mass is 19.1. The van der Waals surface area contributed by atoms with Crippen molar-refractivity contribution in [2.45, 2.75) is 25.9 Å². The second-order valence-electron chi connectivity index (χ2n) is 6.80. The lowest BCUT2D eigenvalue weighted by Crippen LogP contribution is -2.28. The molecule has 0 aliphatic carbocycles. The standard InChI is InChI=1S/C21H21F2N3O/c1-14-4-2-3-5-18(14)21-15(11-24-17-8-9-27-13-17)12-26(25-21)20-7-6-16(22)10-19(20)23/h2-7,10,12,17,24H,8-9,11,13H2,1H3. The average Bonchev–Trinajstić information content (AvgIpc) is 3.30. The zero-order valence-electron chi connectivity index (χ0n) is 15.1. The van der Waals surface area contributed by atoms with Crippen molar-refractivity contribution in [1.29, 1.82) is 0 Å². The summed E-state index contributed by atoms with van der Waals surface area (Å²) >= 11 is 0. The number of halogens is 2. The minimum Gasteiger partial charge on any atom is -0.380 e. The third-order valence-electron chi connectivity index (χ3n) is 4.86. The number of nitrogens with zero attached hydrogens (tertiary/aromatic N) is 2. The Morgan fingerprint density at radius 1 is 1.22 bits per heavy atom. The van der Waals surface area contributed by atoms with E-state index < -0.39 is 11.6 Å². The van der Waals surface area contributed by atoms with Gasteiger partial charge in [-0.3, -0.25) is 0 Å². The second kappa shape index (κ2) is 7.58. The van der Waals surface area contributed by atoms with Crippen LogP contribution in [0.4, 0.5) is 8.78 Å². The van der Waals surface area contributed by atoms with Crippen LogP contribution in [0.5, 0.6) is 0 Å². The summed E-state index contributed by atoms with van der Waals surface area (Å²) in [6, 6.07) is 11.8. The molecule has 0 amide bonds. The molecular weight excluding hydrogens is 348 g/mol. The maximum Gasteiger partial charge on any atom is 0.151 e. The Hall–Kier alpha value is -2.57. The molecule has 4 rings (SSSR count). The molecule has 4 nitrogen and oxygen atoms in total. The summed E-state index contributed by atoms with van der Waals surface area (Å²) in [5.41, 5.74) is 4.07. The van der Waals surface area contributed by atoms with Crippen LogP contribution >= 0.6 is 0 Å². The minimum atomic E-state index is -0.641. The van der Waals surface area contributed by atoms with Crippen molar-refractivity contribution in [2.75, 3.05) is 13.2 Å². The lowest BCUT2D eigenvalue weighted by Gasteiger charge is -2.11. The summed E-state index contributed by atoms with van der Waals surface area (Å²) in [5.74, 6) is -1.25. The zero-order chi connectivity index (χ0) is 18.8. The molecule has 2 heterocycles. The number of hydrogen-bond donors (Lipinski definition) is 1. The van der Waals surface area contributed by atoms with Crippen LogP contribution in [0.1, 0.15) is 17.5 Å². The maximum atomic E-state index is 14.3. The van der Waals surface area contributed by atoms with Crippen molar-refractivity contribution in [1.82, 2.24) is 15.1 Å². The zero-order valence-corrected chi connectivity index (χ0v) is 15.1. The molecule has 0 spiro atoms. The Morgan fingerprint density at radius 3 is 2.81 bits per heavy atom. The molecule has 1 fully saturated rings. The fourth-order valence-electron chi connectivity index (χ4n) is 3.34. The first kappa shape index (κ1) is 17.8. The van der Waals surface area contributed by atoms with Crippen molar-refractivity contribution >= 4 is 0 Å². The smallest absolute Gasteiger partial charge is 0.151 e. The molecule has 1 aromatic heterocycles. The van der Waals surface area contributed by atoms with Crippen molar-refractivity contribution in [3.05, 3.63) is 71.4 Å². The molecule has 1 saturated heterocycles. The van der Waals surface area contributed by atoms with E-state index >= 15 is 0 Å². The van der Waals surface area contributed by atoms with E-state index in [9.17, 15) is 8.78 Å². The number of benzene rings is 2. The number of aryl methyl sites for hydroxylation is 1. The number of nitrogens with one attached hydrogen (secondary N) is 1. The van der Waals surface area contributed by atoms with E-state index in [0.29, 0.717) is 19.2 Å². The summed E-state index contributed by atoms with van der Waals surface area (Å²) in [4.78, 5) is 0. The van der Waals surface area contributed by atoms with Crippen LogP contribution in [0.15, 0.2) is 48.7 Å². The first-order valence-electron chi connectivity index (χ1n) is 9.03. The molecule has 0 saturated carbocycles. The summed E-state index contributed by atoms with van der Waals surface area (Å²) in [5, 5.41) is 8.11. The highest BCUT2D eigenvalue weighted by Crippen LogP contribution is 2.27. The SMILES string of the molecule is Cc1ccccc1-c1nn(-c2ccc(F)cc2F)cc1CNC1CCOC1. The molecule has 140 valence electrons. The van der Waals surface area contributed by atoms with Gasteiger partial charge in [0.1, 0.15) is 11.5 Å². The van der Waals surface area contributed by atoms with E-state index in [1.807, 2.05) is 31.2 Å². The highest BCUT2D eigenvalue weighted by Gasteiger charge is 2.19. The molecular formula is C21H21F2N3O. The van der Waals surface area contributed by atoms with Gasteiger partial charge in [0.15, 0.2) is 5.82 Å². The van der Waals surface area contributed by atoms with E-state index in [1.54, 1.807) is 6.20 Å². The third kappa shape index (κ3) is 3.77. The topological polar surface area (TPSA) is 39.1 Å². The Morgan fingerprint density at radius 2 is 2.07 bits per heavy atom. The fraction of sp³-hybridized carbons (Fsp3) is 0.286. The normalized spacial score (nSPS) is 16.8. The summed E-state index contributed by atoms with van der Waals surface area (Å²) in [6.07, 6.45) is 2.78. The molecule has 1 N–H and O–H groups in total. The van der Waals surface area contributed by atoms with Crippen molar-refractivity contribution < 1.29 is 13.5 Å². The molecule has 0 bridgehead atoms. The Balaban J connectivity index is 1.73. The average molecular weight is 369 g/mol. The first-order valence-corrected chi connectivity index (χ1v) is 9.03. The predicted octanol–water partition coefficient (Wildman–Crippen LogP) is 4.00. The molecule has 1 aliphatic rings. The van der Waals surface area contributed by atoms with E-state index in [2.05, 4.69) is 10.4 Å². The molecule has 1 aliphatic heterocycles. The maximum absolute atomic E-state index is 14.3. The van der Waals surface area contributed by atoms with E-state index in [-0.39, 0.29) is 5.69 Å². The van der Waals surface area contributed by atoms with Crippen molar-refractivity contribution in [3.8, 4) is 16.9 Å². The summed E-state index contributed by atoms with van der Waals surface area (Å²) in [6.45, 7) is 4.08. The van der Waals surface area contributed by atoms with Crippen molar-refractivity contribution in [2.24, 2.45) is 0 Å². The van der Waals surface area contributed by atoms with Crippen LogP contribution in [-0.4, -0.2) is 29.0 Å². The van der Waals surface area contributed by atoms with Gasteiger partial charge in [0.25, 0.3) is 0 Å². The van der Waals surface area contributed by atoms with Gasteiger partial charge >= 0.3 is 0 Å². The van der Waals surface area contributed by atoms with Gasteiger partial charge in [0.05, 0.1) is 12.3 Å². The van der Waals surface area contributed by atoms with Gasteiger partial charge in [-0.2, -0.15) is 5.10 Å². The van der Waals surface area contributed by atoms with Crippen LogP contribution in [0.3, 0.4) is 0 Å². The van der Waals surface area contributed by atoms with Crippen LogP contribution in [0.2, 0.25) is 0 Å². The van der Waals surface area contributed by atoms with Crippen LogP contribution in [0.25, 0.3) is 16.9 Å². The van der Waals surface area contributed by atoms with Crippen LogP contribution in [-0.2, 0) is 11.3 Å². The summed E-state index contributed by atoms with van der Waals surface area (Å²) in [7, 11) is 0. The van der Waals surface area contributed by atoms with Gasteiger partial charge < -0.3 is 10.1 Å². The fourth-order valence-corrected chi connectivity index (χ4v) is 3.34. The number of rotatable bonds is 5. The third-order valence-corrected chi connectivity index (χ3v) is 4.86. The molecule has 2 aromatic carbocycles. The van der Waals surface area contributed by atoms with Crippen molar-refractivity contribution in [3.63, 3.8) is 0 Å². The molecule has 6 heteroatoms. The number of ether oxygens (including phenoxy) is 1. The van der Waals surface area contributed by atoms with Gasteiger partial charge in [-0.25, -0.2) is 13.5 Å². The monoisotopic (exact) mass is 369 g/mol. The van der Waals surface area contributed by atoms with Gasteiger partial charge in [-0.05, 0) is 31.0 Å². The van der Waals surface area contributed by atoms with Crippen LogP contribution < -0.4 is 5.32 Å². The van der Waals surface area contributed by atoms with E-state index in [1.165, 1.54) is 16.8 Å². The van der Waals surface area contributed by atoms with Crippen LogP contribution in [0, 0.1) is 18.6 Å². The Kier molecular flexibility index (Phi) is 5.01. The minimum absolute atomic E-state index is 0.224. The second-order valence-corrected chi connectivity index (χ2v) is 6.80. The van der Waals surface area contributed by atoms with Gasteiger partial charge in [0.2, 0.25) is 0 Å². The molecule has 3 aromatic rings. The molecule has 0 radical (unpaired) electrons. The molecule has 1 unspecified atom stereocenters. The lowest BCUT2D eigenvalue weighted by molar-refractivity contribution is 0.190. The molecule has 27 heavy (non-hydrogen) atoms. The van der Waals surface area contributed by atoms with Gasteiger partial charge in [-0.1, -0.05) is 24.3 Å². The molecule has 1 atom stereocenters.